The van der Waals surface area contributed by atoms with Gasteiger partial charge in [0.2, 0.25) is 0 Å². The lowest BCUT2D eigenvalue weighted by Crippen LogP contribution is -2.22. The maximum atomic E-state index is 13.3. The summed E-state index contributed by atoms with van der Waals surface area (Å²) in [6.07, 6.45) is 3.10. The topological polar surface area (TPSA) is 65.7 Å². The molecule has 0 spiro atoms. The molecule has 1 heterocycles. The molecule has 0 aliphatic carbocycles. The number of ether oxygens (including phenoxy) is 2. The molecule has 2 aromatic carbocycles. The van der Waals surface area contributed by atoms with Gasteiger partial charge in [-0.2, -0.15) is 9.78 Å². The van der Waals surface area contributed by atoms with E-state index >= 15 is 0 Å². The highest BCUT2D eigenvalue weighted by Gasteiger charge is 2.17. The average molecular weight is 565 g/mol. The molecule has 0 N–H and O–H groups in total. The summed E-state index contributed by atoms with van der Waals surface area (Å²) >= 11 is 6.95. The second-order valence-corrected chi connectivity index (χ2v) is 10.5. The first-order chi connectivity index (χ1) is 15.1. The highest BCUT2D eigenvalue weighted by molar-refractivity contribution is 9.10. The predicted molar refractivity (Wildman–Crippen MR) is 136 cm³/mol. The van der Waals surface area contributed by atoms with Crippen molar-refractivity contribution in [2.45, 2.75) is 40.5 Å². The number of aromatic nitrogens is 2. The molecule has 0 bridgehead atoms. The van der Waals surface area contributed by atoms with E-state index in [9.17, 15) is 4.79 Å². The molecule has 0 amide bonds. The van der Waals surface area contributed by atoms with Crippen molar-refractivity contribution < 1.29 is 9.47 Å². The lowest BCUT2D eigenvalue weighted by molar-refractivity contribution is 0.191. The van der Waals surface area contributed by atoms with Gasteiger partial charge in [0.05, 0.1) is 30.8 Å². The van der Waals surface area contributed by atoms with Gasteiger partial charge in [0.25, 0.3) is 5.56 Å². The summed E-state index contributed by atoms with van der Waals surface area (Å²) in [5, 5.41) is 5.05. The molecule has 0 aliphatic rings. The normalized spacial score (nSPS) is 12.0. The van der Waals surface area contributed by atoms with Crippen LogP contribution in [0.4, 0.5) is 0 Å². The van der Waals surface area contributed by atoms with Gasteiger partial charge in [0.15, 0.2) is 11.5 Å². The third kappa shape index (κ3) is 5.78. The second-order valence-electron chi connectivity index (χ2n) is 8.68. The Labute approximate surface area is 204 Å². The summed E-state index contributed by atoms with van der Waals surface area (Å²) in [5.41, 5.74) is 1.11. The summed E-state index contributed by atoms with van der Waals surface area (Å²) in [5.74, 6) is 1.78. The Hall–Kier alpha value is -2.19. The van der Waals surface area contributed by atoms with E-state index in [1.807, 2.05) is 31.2 Å². The quantitative estimate of drug-likeness (QED) is 0.321. The van der Waals surface area contributed by atoms with Crippen molar-refractivity contribution in [2.75, 3.05) is 13.7 Å². The number of rotatable bonds is 7. The monoisotopic (exact) mass is 563 g/mol. The van der Waals surface area contributed by atoms with Gasteiger partial charge >= 0.3 is 0 Å². The first kappa shape index (κ1) is 24.5. The van der Waals surface area contributed by atoms with Gasteiger partial charge in [-0.3, -0.25) is 4.79 Å². The SMILES string of the molecule is CCCc1nc2ccc(Br)cc2c(=O)n1N=Cc1cc(Br)cc(OC)c1OCC(C)(C)C. The van der Waals surface area contributed by atoms with Crippen LogP contribution in [0.2, 0.25) is 0 Å². The summed E-state index contributed by atoms with van der Waals surface area (Å²) in [6, 6.07) is 9.22. The Bertz CT molecular complexity index is 1210. The van der Waals surface area contributed by atoms with Gasteiger partial charge in [-0.05, 0) is 42.2 Å². The lowest BCUT2D eigenvalue weighted by Gasteiger charge is -2.21. The van der Waals surface area contributed by atoms with E-state index in [0.717, 1.165) is 15.4 Å². The van der Waals surface area contributed by atoms with Gasteiger partial charge in [-0.15, -0.1) is 0 Å². The molecule has 32 heavy (non-hydrogen) atoms. The molecule has 0 radical (unpaired) electrons. The van der Waals surface area contributed by atoms with Gasteiger partial charge in [0, 0.05) is 20.9 Å². The van der Waals surface area contributed by atoms with E-state index < -0.39 is 0 Å². The van der Waals surface area contributed by atoms with Crippen LogP contribution in [-0.4, -0.2) is 29.6 Å². The van der Waals surface area contributed by atoms with Crippen LogP contribution in [0.15, 0.2) is 49.2 Å². The van der Waals surface area contributed by atoms with E-state index in [4.69, 9.17) is 9.47 Å². The first-order valence-corrected chi connectivity index (χ1v) is 12.0. The predicted octanol–water partition coefficient (Wildman–Crippen LogP) is 6.19. The fourth-order valence-electron chi connectivity index (χ4n) is 3.10. The van der Waals surface area contributed by atoms with Crippen LogP contribution in [0, 0.1) is 5.41 Å². The number of aryl methyl sites for hydroxylation is 1. The number of hydrogen-bond donors (Lipinski definition) is 0. The molecule has 3 rings (SSSR count). The van der Waals surface area contributed by atoms with Gasteiger partial charge in [-0.1, -0.05) is 59.6 Å². The Morgan fingerprint density at radius 3 is 2.56 bits per heavy atom. The molecule has 8 heteroatoms. The maximum absolute atomic E-state index is 13.3. The first-order valence-electron chi connectivity index (χ1n) is 10.4. The fraction of sp³-hybridized carbons (Fsp3) is 0.375. The summed E-state index contributed by atoms with van der Waals surface area (Å²) in [6.45, 7) is 8.84. The Balaban J connectivity index is 2.14. The Morgan fingerprint density at radius 1 is 1.16 bits per heavy atom. The number of hydrogen-bond acceptors (Lipinski definition) is 5. The number of methoxy groups -OCH3 is 1. The average Bonchev–Trinajstić information content (AvgIpc) is 2.72. The van der Waals surface area contributed by atoms with Crippen molar-refractivity contribution in [1.29, 1.82) is 0 Å². The zero-order valence-electron chi connectivity index (χ0n) is 18.9. The molecule has 0 aliphatic heterocycles. The minimum Gasteiger partial charge on any atom is -0.493 e. The highest BCUT2D eigenvalue weighted by Crippen LogP contribution is 2.35. The van der Waals surface area contributed by atoms with E-state index in [1.165, 1.54) is 4.68 Å². The summed E-state index contributed by atoms with van der Waals surface area (Å²) < 4.78 is 14.7. The zero-order valence-corrected chi connectivity index (χ0v) is 22.1. The molecule has 0 atom stereocenters. The summed E-state index contributed by atoms with van der Waals surface area (Å²) in [7, 11) is 1.60. The van der Waals surface area contributed by atoms with Crippen LogP contribution in [-0.2, 0) is 6.42 Å². The second kappa shape index (κ2) is 10.2. The number of benzene rings is 2. The van der Waals surface area contributed by atoms with Crippen molar-refractivity contribution in [2.24, 2.45) is 10.5 Å². The third-order valence-electron chi connectivity index (χ3n) is 4.58. The molecule has 1 aromatic heterocycles. The molecule has 3 aromatic rings. The number of halogens is 2. The number of nitrogens with zero attached hydrogens (tertiary/aromatic N) is 3. The van der Waals surface area contributed by atoms with E-state index in [0.29, 0.717) is 46.8 Å². The minimum absolute atomic E-state index is 0.0343. The summed E-state index contributed by atoms with van der Waals surface area (Å²) in [4.78, 5) is 17.9. The van der Waals surface area contributed by atoms with E-state index in [1.54, 1.807) is 19.4 Å². The molecule has 0 saturated heterocycles. The maximum Gasteiger partial charge on any atom is 0.282 e. The van der Waals surface area contributed by atoms with Crippen molar-refractivity contribution in [1.82, 2.24) is 9.66 Å². The number of fused-ring (bicyclic) bond motifs is 1. The smallest absolute Gasteiger partial charge is 0.282 e. The standard InChI is InChI=1S/C24H27Br2N3O3/c1-6-7-21-28-19-9-8-16(25)11-18(19)23(30)29(21)27-13-15-10-17(26)12-20(31-5)22(15)32-14-24(2,3)4/h8-13H,6-7,14H2,1-5H3. The van der Waals surface area contributed by atoms with Crippen molar-refractivity contribution in [3.05, 3.63) is 61.0 Å². The lowest BCUT2D eigenvalue weighted by atomic mass is 9.98. The van der Waals surface area contributed by atoms with Crippen LogP contribution < -0.4 is 15.0 Å². The van der Waals surface area contributed by atoms with Gasteiger partial charge in [0.1, 0.15) is 5.82 Å². The van der Waals surface area contributed by atoms with Crippen molar-refractivity contribution in [3.63, 3.8) is 0 Å². The molecule has 0 unspecified atom stereocenters. The van der Waals surface area contributed by atoms with Gasteiger partial charge in [-0.25, -0.2) is 4.98 Å². The fourth-order valence-corrected chi connectivity index (χ4v) is 3.91. The molecule has 6 nitrogen and oxygen atoms in total. The highest BCUT2D eigenvalue weighted by atomic mass is 79.9. The Morgan fingerprint density at radius 2 is 1.91 bits per heavy atom. The Kier molecular flexibility index (Phi) is 7.77. The van der Waals surface area contributed by atoms with E-state index in [-0.39, 0.29) is 11.0 Å². The largest absolute Gasteiger partial charge is 0.493 e. The molecule has 0 fully saturated rings. The van der Waals surface area contributed by atoms with Crippen LogP contribution in [0.3, 0.4) is 0 Å². The van der Waals surface area contributed by atoms with Crippen molar-refractivity contribution in [3.8, 4) is 11.5 Å². The molecule has 170 valence electrons. The van der Waals surface area contributed by atoms with E-state index in [2.05, 4.69) is 62.7 Å². The van der Waals surface area contributed by atoms with Crippen LogP contribution in [0.1, 0.15) is 45.5 Å². The van der Waals surface area contributed by atoms with Crippen molar-refractivity contribution >= 4 is 49.0 Å². The minimum atomic E-state index is -0.213. The van der Waals surface area contributed by atoms with Crippen LogP contribution in [0.25, 0.3) is 10.9 Å². The zero-order chi connectivity index (χ0) is 23.5. The van der Waals surface area contributed by atoms with Crippen LogP contribution >= 0.6 is 31.9 Å². The molecular formula is C24H27Br2N3O3. The van der Waals surface area contributed by atoms with Gasteiger partial charge < -0.3 is 9.47 Å². The van der Waals surface area contributed by atoms with Crippen LogP contribution in [0.5, 0.6) is 11.5 Å². The molecular weight excluding hydrogens is 538 g/mol. The third-order valence-corrected chi connectivity index (χ3v) is 5.53. The molecule has 0 saturated carbocycles.